The molecule has 18 heavy (non-hydrogen) atoms. The molecule has 0 saturated heterocycles. The predicted octanol–water partition coefficient (Wildman–Crippen LogP) is 1.93. The largest absolute Gasteiger partial charge is 2.00 e. The van der Waals surface area contributed by atoms with E-state index in [-0.39, 0.29) is 56.3 Å². The average Bonchev–Trinajstić information content (AvgIpc) is 2.27. The van der Waals surface area contributed by atoms with Crippen molar-refractivity contribution in [1.82, 2.24) is 0 Å². The van der Waals surface area contributed by atoms with Gasteiger partial charge in [0.05, 0.1) is 0 Å². The van der Waals surface area contributed by atoms with Crippen molar-refractivity contribution >= 4 is 10.4 Å². The summed E-state index contributed by atoms with van der Waals surface area (Å²) in [4.78, 5) is 0. The first kappa shape index (κ1) is 30.9. The number of nitrogens with one attached hydrogen (secondary N) is 6. The summed E-state index contributed by atoms with van der Waals surface area (Å²) in [6, 6.07) is 0. The maximum atomic E-state index is 8.52. The smallest absolute Gasteiger partial charge is 0.759 e. The van der Waals surface area contributed by atoms with E-state index < -0.39 is 10.4 Å². The van der Waals surface area contributed by atoms with Gasteiger partial charge in [-0.05, 0) is 0 Å². The molecule has 0 aliphatic rings. The van der Waals surface area contributed by atoms with Crippen molar-refractivity contribution < 1.29 is 34.6 Å². The Balaban J connectivity index is -0.0000000412. The van der Waals surface area contributed by atoms with Gasteiger partial charge in [0.1, 0.15) is 0 Å². The van der Waals surface area contributed by atoms with E-state index in [2.05, 4.69) is 0 Å². The van der Waals surface area contributed by atoms with Gasteiger partial charge in [0.25, 0.3) is 0 Å². The van der Waals surface area contributed by atoms with Crippen LogP contribution in [0.2, 0.25) is 0 Å². The molecule has 0 aliphatic heterocycles. The first-order valence-electron chi connectivity index (χ1n) is 4.29. The average molecular weight is 334 g/mol. The normalized spacial score (nSPS) is 8.22. The van der Waals surface area contributed by atoms with Crippen LogP contribution in [-0.2, 0) is 27.5 Å². The van der Waals surface area contributed by atoms with Gasteiger partial charge < -0.3 is 43.5 Å². The van der Waals surface area contributed by atoms with E-state index in [0.717, 1.165) is 0 Å². The molecule has 6 N–H and O–H groups in total. The first-order valence-corrected chi connectivity index (χ1v) is 5.62. The Labute approximate surface area is 119 Å². The fourth-order valence-electron chi connectivity index (χ4n) is 0. The second kappa shape index (κ2) is 30.3. The number of hydrogen-bond acceptors (Lipinski definition) is 4. The summed E-state index contributed by atoms with van der Waals surface area (Å²) in [7, 11) is -5.17. The van der Waals surface area contributed by atoms with Gasteiger partial charge in [-0.25, -0.2) is 0 Å². The molecule has 0 atom stereocenters. The Kier molecular flexibility index (Phi) is 52.0. The van der Waals surface area contributed by atoms with Gasteiger partial charge in [0.2, 0.25) is 0 Å². The number of rotatable bonds is 3. The molecule has 0 aromatic carbocycles. The molecular weight excluding hydrogens is 316 g/mol. The summed E-state index contributed by atoms with van der Waals surface area (Å²) in [5.74, 6) is 0. The third-order valence-corrected chi connectivity index (χ3v) is 0.375. The molecule has 0 fully saturated rings. The molecule has 12 heteroatoms. The molecule has 0 rings (SSSR count). The molecular formula is C6H18CuN6O4S-6. The standard InChI is InChI=1S/3C2H6N2.Cu.H2O4S/c3*3-1-2-4;;1-5(2,3)4/h3*3-4H,1-2H2;;(H2,1,2,3,4)/q3*-2;+2;/p-2. The van der Waals surface area contributed by atoms with E-state index >= 15 is 0 Å². The molecule has 0 amide bonds. The second-order valence-electron chi connectivity index (χ2n) is 1.91. The maximum absolute atomic E-state index is 8.52. The molecule has 0 bridgehead atoms. The topological polar surface area (TPSA) is 223 Å². The minimum atomic E-state index is -5.17. The van der Waals surface area contributed by atoms with Crippen LogP contribution in [0.25, 0.3) is 34.4 Å². The third-order valence-electron chi connectivity index (χ3n) is 0.375. The van der Waals surface area contributed by atoms with Crippen molar-refractivity contribution in [1.29, 1.82) is 0 Å². The maximum Gasteiger partial charge on any atom is 2.00 e. The van der Waals surface area contributed by atoms with Crippen LogP contribution in [-0.4, -0.2) is 56.8 Å². The van der Waals surface area contributed by atoms with Crippen LogP contribution in [0.4, 0.5) is 0 Å². The van der Waals surface area contributed by atoms with E-state index in [9.17, 15) is 0 Å². The van der Waals surface area contributed by atoms with Gasteiger partial charge in [-0.3, -0.25) is 8.42 Å². The summed E-state index contributed by atoms with van der Waals surface area (Å²) in [5.41, 5.74) is 37.6. The van der Waals surface area contributed by atoms with E-state index in [4.69, 9.17) is 51.9 Å². The van der Waals surface area contributed by atoms with Crippen molar-refractivity contribution in [2.24, 2.45) is 0 Å². The van der Waals surface area contributed by atoms with Crippen molar-refractivity contribution in [3.8, 4) is 0 Å². The summed E-state index contributed by atoms with van der Waals surface area (Å²) >= 11 is 0. The van der Waals surface area contributed by atoms with Gasteiger partial charge in [-0.15, -0.1) is 0 Å². The van der Waals surface area contributed by atoms with Crippen LogP contribution in [0.1, 0.15) is 0 Å². The van der Waals surface area contributed by atoms with Gasteiger partial charge in [0.15, 0.2) is 0 Å². The molecule has 0 saturated carbocycles. The Hall–Kier alpha value is 0.149. The molecule has 1 radical (unpaired) electrons. The zero-order valence-electron chi connectivity index (χ0n) is 9.59. The SMILES string of the molecule is O=S(=O)([O-])[O-].[Cu+2].[NH-]CC[NH-].[NH-]CC[NH-].[NH-]CC[NH-]. The van der Waals surface area contributed by atoms with Crippen LogP contribution in [0.3, 0.4) is 0 Å². The molecule has 119 valence electrons. The van der Waals surface area contributed by atoms with Gasteiger partial charge >= 0.3 is 17.1 Å². The Morgan fingerprint density at radius 1 is 0.611 bits per heavy atom. The summed E-state index contributed by atoms with van der Waals surface area (Å²) in [6.45, 7) is 1.42. The van der Waals surface area contributed by atoms with E-state index in [1.54, 1.807) is 0 Å². The van der Waals surface area contributed by atoms with Crippen LogP contribution in [0.15, 0.2) is 0 Å². The molecule has 10 nitrogen and oxygen atoms in total. The van der Waals surface area contributed by atoms with Crippen LogP contribution < -0.4 is 0 Å². The minimum absolute atomic E-state index is 0. The Bertz CT molecular complexity index is 171. The fraction of sp³-hybridized carbons (Fsp3) is 1.00. The minimum Gasteiger partial charge on any atom is -0.759 e. The summed E-state index contributed by atoms with van der Waals surface area (Å²) in [5, 5.41) is 0. The van der Waals surface area contributed by atoms with Crippen LogP contribution in [0, 0.1) is 0 Å². The molecule has 0 aromatic rings. The quantitative estimate of drug-likeness (QED) is 0.428. The summed E-state index contributed by atoms with van der Waals surface area (Å²) in [6.07, 6.45) is 0. The summed E-state index contributed by atoms with van der Waals surface area (Å²) < 4.78 is 34.1. The van der Waals surface area contributed by atoms with Crippen molar-refractivity contribution in [2.75, 3.05) is 39.3 Å². The predicted molar refractivity (Wildman–Crippen MR) is 65.6 cm³/mol. The van der Waals surface area contributed by atoms with Crippen molar-refractivity contribution in [3.05, 3.63) is 34.4 Å². The van der Waals surface area contributed by atoms with Crippen LogP contribution >= 0.6 is 0 Å². The van der Waals surface area contributed by atoms with Gasteiger partial charge in [-0.2, -0.15) is 39.3 Å². The zero-order chi connectivity index (χ0) is 14.7. The zero-order valence-corrected chi connectivity index (χ0v) is 11.3. The Morgan fingerprint density at radius 2 is 0.667 bits per heavy atom. The van der Waals surface area contributed by atoms with Crippen LogP contribution in [0.5, 0.6) is 0 Å². The first-order chi connectivity index (χ1) is 7.74. The molecule has 0 heterocycles. The van der Waals surface area contributed by atoms with Gasteiger partial charge in [0, 0.05) is 10.4 Å². The number of hydrogen-bond donors (Lipinski definition) is 0. The molecule has 0 spiro atoms. The van der Waals surface area contributed by atoms with E-state index in [1.165, 1.54) is 0 Å². The molecule has 0 aliphatic carbocycles. The van der Waals surface area contributed by atoms with Crippen molar-refractivity contribution in [3.63, 3.8) is 0 Å². The second-order valence-corrected chi connectivity index (χ2v) is 2.72. The van der Waals surface area contributed by atoms with E-state index in [1.807, 2.05) is 0 Å². The van der Waals surface area contributed by atoms with Crippen molar-refractivity contribution in [2.45, 2.75) is 0 Å². The monoisotopic (exact) mass is 333 g/mol. The van der Waals surface area contributed by atoms with E-state index in [0.29, 0.717) is 0 Å². The fourth-order valence-corrected chi connectivity index (χ4v) is 0. The molecule has 0 unspecified atom stereocenters. The molecule has 0 aromatic heterocycles. The van der Waals surface area contributed by atoms with Gasteiger partial charge in [-0.1, -0.05) is 0 Å². The third kappa shape index (κ3) is 374. The Morgan fingerprint density at radius 3 is 0.667 bits per heavy atom.